The lowest BCUT2D eigenvalue weighted by Gasteiger charge is -2.23. The van der Waals surface area contributed by atoms with Crippen LogP contribution in [0.4, 0.5) is 5.88 Å². The van der Waals surface area contributed by atoms with Gasteiger partial charge in [-0.15, -0.1) is 0 Å². The van der Waals surface area contributed by atoms with Gasteiger partial charge < -0.3 is 20.2 Å². The van der Waals surface area contributed by atoms with Crippen molar-refractivity contribution in [3.8, 4) is 0 Å². The summed E-state index contributed by atoms with van der Waals surface area (Å²) in [6.07, 6.45) is 0.959. The lowest BCUT2D eigenvalue weighted by Crippen LogP contribution is -2.34. The van der Waals surface area contributed by atoms with E-state index in [-0.39, 0.29) is 47.9 Å². The first-order valence-electron chi connectivity index (χ1n) is 10.4. The lowest BCUT2D eigenvalue weighted by molar-refractivity contribution is -0.115. The van der Waals surface area contributed by atoms with Crippen LogP contribution in [-0.2, 0) is 16.0 Å². The minimum atomic E-state index is -0.890. The Balaban J connectivity index is 2.14. The van der Waals surface area contributed by atoms with E-state index in [1.54, 1.807) is 6.92 Å². The number of furan rings is 1. The van der Waals surface area contributed by atoms with Crippen LogP contribution in [0.5, 0.6) is 0 Å². The normalized spacial score (nSPS) is 11.9. The highest BCUT2D eigenvalue weighted by atomic mass is 16.5. The predicted octanol–water partition coefficient (Wildman–Crippen LogP) is 3.35. The van der Waals surface area contributed by atoms with Gasteiger partial charge in [0.05, 0.1) is 13.2 Å². The number of nitrogens with two attached hydrogens (primary N) is 1. The molecule has 2 rings (SSSR count). The van der Waals surface area contributed by atoms with Crippen LogP contribution in [0, 0.1) is 12.8 Å². The van der Waals surface area contributed by atoms with Crippen molar-refractivity contribution in [1.29, 1.82) is 0 Å². The molecule has 1 aromatic heterocycles. The zero-order chi connectivity index (χ0) is 23.1. The predicted molar refractivity (Wildman–Crippen MR) is 118 cm³/mol. The van der Waals surface area contributed by atoms with Gasteiger partial charge in [0.25, 0.3) is 5.91 Å². The molecule has 0 aliphatic rings. The molecule has 0 radical (unpaired) electrons. The number of benzene rings is 1. The molecule has 8 heteroatoms. The molecule has 1 atom stereocenters. The van der Waals surface area contributed by atoms with Gasteiger partial charge >= 0.3 is 5.97 Å². The smallest absolute Gasteiger partial charge is 0.342 e. The molecule has 1 heterocycles. The molecule has 2 aromatic rings. The average molecular weight is 430 g/mol. The minimum Gasteiger partial charge on any atom is -0.462 e. The van der Waals surface area contributed by atoms with Crippen molar-refractivity contribution >= 4 is 23.7 Å². The maximum atomic E-state index is 12.6. The Kier molecular flexibility index (Phi) is 8.38. The average Bonchev–Trinajstić information content (AvgIpc) is 3.04. The van der Waals surface area contributed by atoms with E-state index in [9.17, 15) is 14.4 Å². The molecular formula is C23H31N3O5. The first-order chi connectivity index (χ1) is 14.7. The topological polar surface area (TPSA) is 124 Å². The Hall–Kier alpha value is -3.13. The third-order valence-electron chi connectivity index (χ3n) is 4.96. The molecule has 0 aliphatic carbocycles. The fourth-order valence-corrected chi connectivity index (χ4v) is 3.39. The second-order valence-electron chi connectivity index (χ2n) is 7.57. The zero-order valence-corrected chi connectivity index (χ0v) is 18.7. The monoisotopic (exact) mass is 429 g/mol. The summed E-state index contributed by atoms with van der Waals surface area (Å²) >= 11 is 0. The maximum absolute atomic E-state index is 12.6. The molecule has 1 aromatic carbocycles. The fourth-order valence-electron chi connectivity index (χ4n) is 3.39. The highest BCUT2D eigenvalue weighted by molar-refractivity contribution is 6.10. The number of hydrogen-bond acceptors (Lipinski definition) is 6. The molecule has 0 saturated heterocycles. The summed E-state index contributed by atoms with van der Waals surface area (Å²) in [5.41, 5.74) is 7.48. The summed E-state index contributed by atoms with van der Waals surface area (Å²) in [6.45, 7) is 9.48. The molecule has 8 nitrogen and oxygen atoms in total. The van der Waals surface area contributed by atoms with Crippen LogP contribution in [0.3, 0.4) is 0 Å². The summed E-state index contributed by atoms with van der Waals surface area (Å²) in [7, 11) is 0. The van der Waals surface area contributed by atoms with Crippen LogP contribution < -0.4 is 16.4 Å². The van der Waals surface area contributed by atoms with Gasteiger partial charge in [-0.3, -0.25) is 14.9 Å². The number of aryl methyl sites for hydroxylation is 2. The van der Waals surface area contributed by atoms with Crippen LogP contribution in [0.15, 0.2) is 28.7 Å². The van der Waals surface area contributed by atoms with Crippen LogP contribution in [0.2, 0.25) is 0 Å². The third kappa shape index (κ3) is 5.95. The number of amides is 2. The van der Waals surface area contributed by atoms with Gasteiger partial charge in [0.1, 0.15) is 16.9 Å². The van der Waals surface area contributed by atoms with E-state index < -0.39 is 17.8 Å². The van der Waals surface area contributed by atoms with Gasteiger partial charge in [-0.05, 0) is 37.3 Å². The van der Waals surface area contributed by atoms with Crippen molar-refractivity contribution < 1.29 is 23.5 Å². The summed E-state index contributed by atoms with van der Waals surface area (Å²) < 4.78 is 10.4. The zero-order valence-electron chi connectivity index (χ0n) is 18.7. The van der Waals surface area contributed by atoms with Gasteiger partial charge in [0.2, 0.25) is 11.8 Å². The van der Waals surface area contributed by atoms with Gasteiger partial charge in [-0.25, -0.2) is 4.79 Å². The van der Waals surface area contributed by atoms with Crippen molar-refractivity contribution in [2.24, 2.45) is 11.7 Å². The van der Waals surface area contributed by atoms with E-state index in [0.29, 0.717) is 0 Å². The summed E-state index contributed by atoms with van der Waals surface area (Å²) in [5, 5.41) is 5.78. The number of hydrogen-bond donors (Lipinski definition) is 3. The summed E-state index contributed by atoms with van der Waals surface area (Å²) in [4.78, 5) is 36.7. The summed E-state index contributed by atoms with van der Waals surface area (Å²) in [5.74, 6) is -1.82. The van der Waals surface area contributed by atoms with E-state index in [2.05, 4.69) is 55.7 Å². The Morgan fingerprint density at radius 2 is 1.74 bits per heavy atom. The molecule has 2 amide bonds. The standard InChI is InChI=1S/C23H31N3O5/c1-6-15-8-10-16(11-9-15)20(13(3)4)25-12-17(27)26-22-19(21(24)28)18(14(5)31-22)23(29)30-7-2/h8-11,13,20,25H,6-7,12H2,1-5H3,(H2,24,28)(H,26,27)/t20-/m0/s1. The number of esters is 1. The largest absolute Gasteiger partial charge is 0.462 e. The Morgan fingerprint density at radius 3 is 2.26 bits per heavy atom. The number of carbonyl (C=O) groups is 3. The maximum Gasteiger partial charge on any atom is 0.342 e. The number of anilines is 1. The van der Waals surface area contributed by atoms with Crippen LogP contribution in [-0.4, -0.2) is 30.9 Å². The highest BCUT2D eigenvalue weighted by Crippen LogP contribution is 2.28. The molecule has 168 valence electrons. The van der Waals surface area contributed by atoms with Gasteiger partial charge in [-0.2, -0.15) is 0 Å². The minimum absolute atomic E-state index is 0.0228. The van der Waals surface area contributed by atoms with E-state index >= 15 is 0 Å². The highest BCUT2D eigenvalue weighted by Gasteiger charge is 2.29. The van der Waals surface area contributed by atoms with Crippen LogP contribution >= 0.6 is 0 Å². The third-order valence-corrected chi connectivity index (χ3v) is 4.96. The number of nitrogens with one attached hydrogen (secondary N) is 2. The number of rotatable bonds is 10. The van der Waals surface area contributed by atoms with Crippen LogP contribution in [0.1, 0.15) is 71.3 Å². The molecular weight excluding hydrogens is 398 g/mol. The molecule has 0 saturated carbocycles. The van der Waals surface area contributed by atoms with Gasteiger partial charge in [0.15, 0.2) is 0 Å². The van der Waals surface area contributed by atoms with Gasteiger partial charge in [0, 0.05) is 6.04 Å². The molecule has 0 fully saturated rings. The number of primary amides is 1. The van der Waals surface area contributed by atoms with E-state index in [0.717, 1.165) is 12.0 Å². The van der Waals surface area contributed by atoms with Crippen molar-refractivity contribution in [3.05, 3.63) is 52.3 Å². The first-order valence-corrected chi connectivity index (χ1v) is 10.4. The second-order valence-corrected chi connectivity index (χ2v) is 7.57. The Morgan fingerprint density at radius 1 is 1.10 bits per heavy atom. The second kappa shape index (κ2) is 10.8. The molecule has 4 N–H and O–H groups in total. The van der Waals surface area contributed by atoms with Crippen molar-refractivity contribution in [3.63, 3.8) is 0 Å². The van der Waals surface area contributed by atoms with E-state index in [1.807, 2.05) is 0 Å². The SMILES string of the molecule is CCOC(=O)c1c(C)oc(NC(=O)CN[C@H](c2ccc(CC)cc2)C(C)C)c1C(N)=O. The summed E-state index contributed by atoms with van der Waals surface area (Å²) in [6, 6.07) is 8.23. The van der Waals surface area contributed by atoms with Crippen molar-refractivity contribution in [1.82, 2.24) is 5.32 Å². The Labute approximate surface area is 182 Å². The molecule has 31 heavy (non-hydrogen) atoms. The number of ether oxygens (including phenoxy) is 1. The number of carbonyl (C=O) groups excluding carboxylic acids is 3. The van der Waals surface area contributed by atoms with Gasteiger partial charge in [-0.1, -0.05) is 45.0 Å². The molecule has 0 aliphatic heterocycles. The van der Waals surface area contributed by atoms with E-state index in [4.69, 9.17) is 14.9 Å². The fraction of sp³-hybridized carbons (Fsp3) is 0.435. The lowest BCUT2D eigenvalue weighted by atomic mass is 9.95. The van der Waals surface area contributed by atoms with Crippen LogP contribution in [0.25, 0.3) is 0 Å². The van der Waals surface area contributed by atoms with E-state index in [1.165, 1.54) is 12.5 Å². The first kappa shape index (κ1) is 24.1. The molecule has 0 bridgehead atoms. The van der Waals surface area contributed by atoms with Crippen molar-refractivity contribution in [2.45, 2.75) is 47.1 Å². The molecule has 0 unspecified atom stereocenters. The molecule has 0 spiro atoms. The quantitative estimate of drug-likeness (QED) is 0.498. The Bertz CT molecular complexity index is 931. The van der Waals surface area contributed by atoms with Crippen molar-refractivity contribution in [2.75, 3.05) is 18.5 Å².